The number of hydrogen-bond acceptors (Lipinski definition) is 4. The second-order valence-electron chi connectivity index (χ2n) is 3.89. The molecule has 106 valence electrons. The maximum absolute atomic E-state index is 11.4. The van der Waals surface area contributed by atoms with Gasteiger partial charge in [-0.15, -0.1) is 0 Å². The Balaban J connectivity index is 2.22. The summed E-state index contributed by atoms with van der Waals surface area (Å²) >= 11 is 0. The molecule has 0 aromatic heterocycles. The van der Waals surface area contributed by atoms with E-state index in [2.05, 4.69) is 5.32 Å². The van der Waals surface area contributed by atoms with Gasteiger partial charge in [-0.3, -0.25) is 4.79 Å². The van der Waals surface area contributed by atoms with Crippen molar-refractivity contribution in [2.24, 2.45) is 0 Å². The molecular weight excluding hydrogens is 246 g/mol. The largest absolute Gasteiger partial charge is 0.494 e. The summed E-state index contributed by atoms with van der Waals surface area (Å²) in [5.41, 5.74) is 0. The number of nitrogens with one attached hydrogen (secondary N) is 1. The van der Waals surface area contributed by atoms with Gasteiger partial charge in [-0.2, -0.15) is 0 Å². The third-order valence-corrected chi connectivity index (χ3v) is 2.35. The van der Waals surface area contributed by atoms with E-state index in [0.717, 1.165) is 12.2 Å². The lowest BCUT2D eigenvalue weighted by Gasteiger charge is -2.08. The zero-order valence-electron chi connectivity index (χ0n) is 11.5. The van der Waals surface area contributed by atoms with E-state index in [9.17, 15) is 4.79 Å². The fraction of sp³-hybridized carbons (Fsp3) is 0.500. The van der Waals surface area contributed by atoms with Gasteiger partial charge >= 0.3 is 0 Å². The summed E-state index contributed by atoms with van der Waals surface area (Å²) in [7, 11) is 1.64. The molecule has 0 aliphatic rings. The number of carbonyl (C=O) groups is 1. The van der Waals surface area contributed by atoms with Crippen LogP contribution in [0.5, 0.6) is 11.5 Å². The lowest BCUT2D eigenvalue weighted by Crippen LogP contribution is -2.30. The minimum absolute atomic E-state index is 0.0148. The van der Waals surface area contributed by atoms with E-state index in [-0.39, 0.29) is 12.5 Å². The van der Waals surface area contributed by atoms with Crippen LogP contribution in [-0.4, -0.2) is 39.4 Å². The van der Waals surface area contributed by atoms with Crippen molar-refractivity contribution in [2.45, 2.75) is 13.3 Å². The Hall–Kier alpha value is -1.75. The molecular formula is C14H21NO4. The molecule has 0 fully saturated rings. The Morgan fingerprint density at radius 1 is 1.16 bits per heavy atom. The summed E-state index contributed by atoms with van der Waals surface area (Å²) < 4.78 is 15.6. The molecule has 5 heteroatoms. The van der Waals surface area contributed by atoms with E-state index in [1.807, 2.05) is 19.1 Å². The molecule has 0 saturated carbocycles. The minimum atomic E-state index is -0.134. The summed E-state index contributed by atoms with van der Waals surface area (Å²) in [6.45, 7) is 3.81. The van der Waals surface area contributed by atoms with Gasteiger partial charge in [0.1, 0.15) is 11.5 Å². The second-order valence-corrected chi connectivity index (χ2v) is 3.89. The van der Waals surface area contributed by atoms with E-state index in [1.54, 1.807) is 19.2 Å². The molecule has 1 N–H and O–H groups in total. The number of rotatable bonds is 9. The number of carbonyl (C=O) groups excluding carboxylic acids is 1. The quantitative estimate of drug-likeness (QED) is 0.691. The Labute approximate surface area is 113 Å². The smallest absolute Gasteiger partial charge is 0.257 e. The highest BCUT2D eigenvalue weighted by atomic mass is 16.5. The molecule has 0 aliphatic carbocycles. The molecule has 1 rings (SSSR count). The molecule has 1 amide bonds. The van der Waals surface area contributed by atoms with Crippen molar-refractivity contribution in [3.8, 4) is 11.5 Å². The molecule has 0 bridgehead atoms. The number of benzene rings is 1. The zero-order valence-corrected chi connectivity index (χ0v) is 11.5. The first kappa shape index (κ1) is 15.3. The van der Waals surface area contributed by atoms with Crippen molar-refractivity contribution in [3.05, 3.63) is 24.3 Å². The van der Waals surface area contributed by atoms with Crippen LogP contribution in [0.1, 0.15) is 13.3 Å². The van der Waals surface area contributed by atoms with Crippen LogP contribution in [0.2, 0.25) is 0 Å². The normalized spacial score (nSPS) is 10.0. The Bertz CT molecular complexity index is 364. The van der Waals surface area contributed by atoms with Gasteiger partial charge in [-0.05, 0) is 37.6 Å². The first-order valence-electron chi connectivity index (χ1n) is 6.37. The summed E-state index contributed by atoms with van der Waals surface area (Å²) in [5.74, 6) is 1.30. The van der Waals surface area contributed by atoms with Crippen molar-refractivity contribution in [2.75, 3.05) is 33.5 Å². The molecule has 0 saturated heterocycles. The first-order chi connectivity index (χ1) is 9.26. The fourth-order valence-electron chi connectivity index (χ4n) is 1.44. The van der Waals surface area contributed by atoms with Crippen LogP contribution < -0.4 is 14.8 Å². The third-order valence-electron chi connectivity index (χ3n) is 2.35. The Kier molecular flexibility index (Phi) is 7.43. The van der Waals surface area contributed by atoms with Gasteiger partial charge in [-0.25, -0.2) is 0 Å². The zero-order chi connectivity index (χ0) is 13.9. The minimum Gasteiger partial charge on any atom is -0.494 e. The molecule has 0 aliphatic heterocycles. The molecule has 5 nitrogen and oxygen atoms in total. The SMILES string of the molecule is CCOc1ccc(OCC(=O)NCCCOC)cc1. The van der Waals surface area contributed by atoms with Gasteiger partial charge in [0.2, 0.25) is 0 Å². The van der Waals surface area contributed by atoms with E-state index in [4.69, 9.17) is 14.2 Å². The Morgan fingerprint density at radius 3 is 2.37 bits per heavy atom. The molecule has 0 spiro atoms. The number of ether oxygens (including phenoxy) is 3. The highest BCUT2D eigenvalue weighted by Crippen LogP contribution is 2.17. The summed E-state index contributed by atoms with van der Waals surface area (Å²) in [6.07, 6.45) is 0.797. The van der Waals surface area contributed by atoms with E-state index < -0.39 is 0 Å². The van der Waals surface area contributed by atoms with Crippen molar-refractivity contribution in [1.29, 1.82) is 0 Å². The van der Waals surface area contributed by atoms with E-state index in [1.165, 1.54) is 0 Å². The van der Waals surface area contributed by atoms with Crippen molar-refractivity contribution in [1.82, 2.24) is 5.32 Å². The second kappa shape index (κ2) is 9.22. The van der Waals surface area contributed by atoms with Crippen LogP contribution in [0.15, 0.2) is 24.3 Å². The average Bonchev–Trinajstić information content (AvgIpc) is 2.43. The number of hydrogen-bond donors (Lipinski definition) is 1. The van der Waals surface area contributed by atoms with Gasteiger partial charge < -0.3 is 19.5 Å². The summed E-state index contributed by atoms with van der Waals surface area (Å²) in [4.78, 5) is 11.4. The van der Waals surface area contributed by atoms with Crippen molar-refractivity contribution >= 4 is 5.91 Å². The molecule has 0 radical (unpaired) electrons. The number of methoxy groups -OCH3 is 1. The molecule has 0 atom stereocenters. The van der Waals surface area contributed by atoms with Crippen LogP contribution in [0, 0.1) is 0 Å². The Morgan fingerprint density at radius 2 is 1.79 bits per heavy atom. The number of amides is 1. The van der Waals surface area contributed by atoms with E-state index in [0.29, 0.717) is 25.5 Å². The van der Waals surface area contributed by atoms with Gasteiger partial charge in [0.15, 0.2) is 6.61 Å². The maximum Gasteiger partial charge on any atom is 0.257 e. The molecule has 0 heterocycles. The van der Waals surface area contributed by atoms with Gasteiger partial charge in [0.05, 0.1) is 6.61 Å². The lowest BCUT2D eigenvalue weighted by atomic mass is 10.3. The third kappa shape index (κ3) is 6.67. The topological polar surface area (TPSA) is 56.8 Å². The molecule has 19 heavy (non-hydrogen) atoms. The molecule has 1 aromatic rings. The van der Waals surface area contributed by atoms with Crippen LogP contribution in [-0.2, 0) is 9.53 Å². The molecule has 0 unspecified atom stereocenters. The van der Waals surface area contributed by atoms with Crippen molar-refractivity contribution in [3.63, 3.8) is 0 Å². The summed E-state index contributed by atoms with van der Waals surface area (Å²) in [6, 6.07) is 7.19. The lowest BCUT2D eigenvalue weighted by molar-refractivity contribution is -0.123. The highest BCUT2D eigenvalue weighted by Gasteiger charge is 2.02. The van der Waals surface area contributed by atoms with Crippen molar-refractivity contribution < 1.29 is 19.0 Å². The van der Waals surface area contributed by atoms with E-state index >= 15 is 0 Å². The van der Waals surface area contributed by atoms with Gasteiger partial charge in [0.25, 0.3) is 5.91 Å². The first-order valence-corrected chi connectivity index (χ1v) is 6.37. The average molecular weight is 267 g/mol. The van der Waals surface area contributed by atoms with Crippen LogP contribution in [0.3, 0.4) is 0 Å². The van der Waals surface area contributed by atoms with Gasteiger partial charge in [-0.1, -0.05) is 0 Å². The monoisotopic (exact) mass is 267 g/mol. The van der Waals surface area contributed by atoms with Crippen LogP contribution >= 0.6 is 0 Å². The maximum atomic E-state index is 11.4. The predicted molar refractivity (Wildman–Crippen MR) is 72.6 cm³/mol. The van der Waals surface area contributed by atoms with Crippen LogP contribution in [0.25, 0.3) is 0 Å². The fourth-order valence-corrected chi connectivity index (χ4v) is 1.44. The standard InChI is InChI=1S/C14H21NO4/c1-3-18-12-5-7-13(8-6-12)19-11-14(16)15-9-4-10-17-2/h5-8H,3-4,9-11H2,1-2H3,(H,15,16). The summed E-state index contributed by atoms with van der Waals surface area (Å²) in [5, 5.41) is 2.75. The van der Waals surface area contributed by atoms with Crippen LogP contribution in [0.4, 0.5) is 0 Å². The van der Waals surface area contributed by atoms with Gasteiger partial charge in [0, 0.05) is 20.3 Å². The highest BCUT2D eigenvalue weighted by molar-refractivity contribution is 5.77. The predicted octanol–water partition coefficient (Wildman–Crippen LogP) is 1.62. The molecule has 1 aromatic carbocycles.